The molecule has 2 aromatic rings. The molecule has 27 heavy (non-hydrogen) atoms. The number of sulfonamides is 1. The van der Waals surface area contributed by atoms with Crippen LogP contribution in [0.15, 0.2) is 47.4 Å². The van der Waals surface area contributed by atoms with Crippen molar-refractivity contribution < 1.29 is 17.2 Å². The fraction of sp³-hybridized carbons (Fsp3) is 0.400. The third kappa shape index (κ3) is 3.77. The van der Waals surface area contributed by atoms with Crippen LogP contribution in [0.4, 0.5) is 8.78 Å². The molecule has 0 saturated carbocycles. The average molecular weight is 392 g/mol. The first-order valence-electron chi connectivity index (χ1n) is 9.23. The highest BCUT2D eigenvalue weighted by atomic mass is 32.2. The Hall–Kier alpha value is -1.83. The minimum absolute atomic E-state index is 0.0755. The van der Waals surface area contributed by atoms with Crippen LogP contribution in [0.3, 0.4) is 0 Å². The van der Waals surface area contributed by atoms with Crippen molar-refractivity contribution in [2.24, 2.45) is 0 Å². The van der Waals surface area contributed by atoms with Crippen LogP contribution < -0.4 is 4.72 Å². The highest BCUT2D eigenvalue weighted by molar-refractivity contribution is 7.89. The number of piperidine rings is 1. The maximum absolute atomic E-state index is 13.9. The summed E-state index contributed by atoms with van der Waals surface area (Å²) in [6.07, 6.45) is 3.05. The first-order chi connectivity index (χ1) is 12.9. The molecule has 0 bridgehead atoms. The van der Waals surface area contributed by atoms with Crippen LogP contribution in [-0.4, -0.2) is 32.4 Å². The Morgan fingerprint density at radius 2 is 1.67 bits per heavy atom. The summed E-state index contributed by atoms with van der Waals surface area (Å²) in [5.41, 5.74) is 1.89. The molecular formula is C20H22F2N2O2S. The molecule has 1 aliphatic heterocycles. The predicted octanol–water partition coefficient (Wildman–Crippen LogP) is 3.40. The van der Waals surface area contributed by atoms with Gasteiger partial charge < -0.3 is 0 Å². The smallest absolute Gasteiger partial charge is 0.240 e. The van der Waals surface area contributed by atoms with Crippen molar-refractivity contribution >= 4 is 10.0 Å². The molecule has 1 aliphatic carbocycles. The quantitative estimate of drug-likeness (QED) is 0.868. The summed E-state index contributed by atoms with van der Waals surface area (Å²) in [6.45, 7) is 1.52. The molecule has 144 valence electrons. The summed E-state index contributed by atoms with van der Waals surface area (Å²) in [5, 5.41) is 0. The first-order valence-corrected chi connectivity index (χ1v) is 10.7. The third-order valence-corrected chi connectivity index (χ3v) is 7.13. The van der Waals surface area contributed by atoms with E-state index in [1.165, 1.54) is 18.2 Å². The molecule has 4 rings (SSSR count). The molecule has 0 radical (unpaired) electrons. The lowest BCUT2D eigenvalue weighted by Crippen LogP contribution is -2.45. The van der Waals surface area contributed by atoms with Crippen LogP contribution in [0.2, 0.25) is 0 Å². The number of rotatable bonds is 4. The lowest BCUT2D eigenvalue weighted by atomic mass is 10.0. The number of nitrogens with zero attached hydrogens (tertiary/aromatic N) is 1. The van der Waals surface area contributed by atoms with E-state index in [9.17, 15) is 17.2 Å². The highest BCUT2D eigenvalue weighted by Crippen LogP contribution is 2.38. The number of benzene rings is 2. The molecule has 0 amide bonds. The molecule has 1 atom stereocenters. The van der Waals surface area contributed by atoms with Gasteiger partial charge in [0.05, 0.1) is 4.90 Å². The molecule has 0 unspecified atom stereocenters. The van der Waals surface area contributed by atoms with Gasteiger partial charge in [-0.15, -0.1) is 0 Å². The van der Waals surface area contributed by atoms with Gasteiger partial charge in [0.2, 0.25) is 10.0 Å². The average Bonchev–Trinajstić information content (AvgIpc) is 3.08. The van der Waals surface area contributed by atoms with Crippen LogP contribution >= 0.6 is 0 Å². The molecule has 0 spiro atoms. The first kappa shape index (κ1) is 18.5. The SMILES string of the molecule is O=S(=O)(NC1CCN([C@H]2CCc3c(F)cccc32)CC1)c1ccc(F)cc1. The van der Waals surface area contributed by atoms with Gasteiger partial charge in [-0.05, 0) is 67.1 Å². The number of nitrogens with one attached hydrogen (secondary N) is 1. The molecule has 7 heteroatoms. The number of hydrogen-bond donors (Lipinski definition) is 1. The van der Waals surface area contributed by atoms with Gasteiger partial charge in [0.25, 0.3) is 0 Å². The van der Waals surface area contributed by atoms with Gasteiger partial charge in [0.15, 0.2) is 0 Å². The summed E-state index contributed by atoms with van der Waals surface area (Å²) >= 11 is 0. The van der Waals surface area contributed by atoms with Crippen molar-refractivity contribution in [3.05, 3.63) is 65.2 Å². The number of fused-ring (bicyclic) bond motifs is 1. The van der Waals surface area contributed by atoms with E-state index in [4.69, 9.17) is 0 Å². The fourth-order valence-corrected chi connectivity index (χ4v) is 5.50. The zero-order valence-electron chi connectivity index (χ0n) is 14.9. The molecular weight excluding hydrogens is 370 g/mol. The fourth-order valence-electron chi connectivity index (χ4n) is 4.20. The molecule has 2 aliphatic rings. The van der Waals surface area contributed by atoms with Crippen LogP contribution in [0, 0.1) is 11.6 Å². The maximum Gasteiger partial charge on any atom is 0.240 e. The minimum atomic E-state index is -3.65. The topological polar surface area (TPSA) is 49.4 Å². The normalized spacial score (nSPS) is 21.3. The van der Waals surface area contributed by atoms with E-state index in [0.29, 0.717) is 12.8 Å². The van der Waals surface area contributed by atoms with Gasteiger partial charge in [0, 0.05) is 25.2 Å². The largest absolute Gasteiger partial charge is 0.296 e. The molecule has 1 saturated heterocycles. The molecule has 1 N–H and O–H groups in total. The van der Waals surface area contributed by atoms with Crippen LogP contribution in [0.5, 0.6) is 0 Å². The monoisotopic (exact) mass is 392 g/mol. The van der Waals surface area contributed by atoms with Crippen LogP contribution in [0.1, 0.15) is 36.4 Å². The van der Waals surface area contributed by atoms with Crippen molar-refractivity contribution in [3.63, 3.8) is 0 Å². The summed E-state index contributed by atoms with van der Waals surface area (Å²) in [7, 11) is -3.65. The minimum Gasteiger partial charge on any atom is -0.296 e. The van der Waals surface area contributed by atoms with E-state index < -0.39 is 15.8 Å². The predicted molar refractivity (Wildman–Crippen MR) is 98.8 cm³/mol. The van der Waals surface area contributed by atoms with E-state index >= 15 is 0 Å². The second kappa shape index (κ2) is 7.30. The standard InChI is InChI=1S/C20H22F2N2O2S/c21-14-4-6-16(7-5-14)27(25,26)23-15-10-12-24(13-11-15)20-9-8-17-18(20)2-1-3-19(17)22/h1-7,15,20,23H,8-13H2/t20-/m0/s1. The van der Waals surface area contributed by atoms with E-state index in [-0.39, 0.29) is 22.8 Å². The number of hydrogen-bond acceptors (Lipinski definition) is 3. The Morgan fingerprint density at radius 3 is 2.37 bits per heavy atom. The zero-order valence-corrected chi connectivity index (χ0v) is 15.7. The van der Waals surface area contributed by atoms with Crippen LogP contribution in [0.25, 0.3) is 0 Å². The second-order valence-corrected chi connectivity index (χ2v) is 8.96. The third-order valence-electron chi connectivity index (χ3n) is 5.60. The van der Waals surface area contributed by atoms with Gasteiger partial charge in [-0.25, -0.2) is 21.9 Å². The van der Waals surface area contributed by atoms with E-state index in [2.05, 4.69) is 9.62 Å². The molecule has 1 fully saturated rings. The zero-order chi connectivity index (χ0) is 19.0. The van der Waals surface area contributed by atoms with E-state index in [1.54, 1.807) is 6.07 Å². The number of likely N-dealkylation sites (tertiary alicyclic amines) is 1. The summed E-state index contributed by atoms with van der Waals surface area (Å²) in [6, 6.07) is 10.2. The van der Waals surface area contributed by atoms with Gasteiger partial charge >= 0.3 is 0 Å². The Labute approximate surface area is 158 Å². The maximum atomic E-state index is 13.9. The van der Waals surface area contributed by atoms with Crippen molar-refractivity contribution in [3.8, 4) is 0 Å². The Bertz CT molecular complexity index is 923. The Balaban J connectivity index is 1.39. The van der Waals surface area contributed by atoms with E-state index in [1.807, 2.05) is 6.07 Å². The highest BCUT2D eigenvalue weighted by Gasteiger charge is 2.33. The molecule has 2 aromatic carbocycles. The summed E-state index contributed by atoms with van der Waals surface area (Å²) in [4.78, 5) is 2.40. The lowest BCUT2D eigenvalue weighted by molar-refractivity contribution is 0.149. The van der Waals surface area contributed by atoms with E-state index in [0.717, 1.165) is 49.2 Å². The Morgan fingerprint density at radius 1 is 0.963 bits per heavy atom. The van der Waals surface area contributed by atoms with Gasteiger partial charge in [0.1, 0.15) is 11.6 Å². The van der Waals surface area contributed by atoms with Crippen molar-refractivity contribution in [2.75, 3.05) is 13.1 Å². The summed E-state index contributed by atoms with van der Waals surface area (Å²) in [5.74, 6) is -0.590. The lowest BCUT2D eigenvalue weighted by Gasteiger charge is -2.36. The molecule has 4 nitrogen and oxygen atoms in total. The van der Waals surface area contributed by atoms with Crippen molar-refractivity contribution in [2.45, 2.75) is 42.7 Å². The van der Waals surface area contributed by atoms with Gasteiger partial charge in [-0.3, -0.25) is 4.90 Å². The van der Waals surface area contributed by atoms with Gasteiger partial charge in [-0.2, -0.15) is 0 Å². The molecule has 1 heterocycles. The van der Waals surface area contributed by atoms with Gasteiger partial charge in [-0.1, -0.05) is 12.1 Å². The second-order valence-electron chi connectivity index (χ2n) is 7.25. The number of halogens is 2. The van der Waals surface area contributed by atoms with Crippen LogP contribution in [-0.2, 0) is 16.4 Å². The molecule has 0 aromatic heterocycles. The van der Waals surface area contributed by atoms with Crippen molar-refractivity contribution in [1.29, 1.82) is 0 Å². The van der Waals surface area contributed by atoms with Crippen molar-refractivity contribution in [1.82, 2.24) is 9.62 Å². The summed E-state index contributed by atoms with van der Waals surface area (Å²) < 4.78 is 54.6. The Kier molecular flexibility index (Phi) is 5.01.